The van der Waals surface area contributed by atoms with E-state index >= 15 is 0 Å². The lowest BCUT2D eigenvalue weighted by molar-refractivity contribution is -0.126. The second-order valence-corrected chi connectivity index (χ2v) is 6.79. The van der Waals surface area contributed by atoms with Crippen LogP contribution < -0.4 is 23.4 Å². The van der Waals surface area contributed by atoms with Gasteiger partial charge in [0.15, 0.2) is 11.5 Å². The second-order valence-electron chi connectivity index (χ2n) is 6.05. The van der Waals surface area contributed by atoms with E-state index in [1.165, 1.54) is 53.6 Å². The Morgan fingerprint density at radius 3 is 2.19 bits per heavy atom. The molecule has 0 aromatic heterocycles. The fourth-order valence-electron chi connectivity index (χ4n) is 2.55. The maximum absolute atomic E-state index is 12.9. The number of rotatable bonds is 9. The fourth-order valence-corrected chi connectivity index (χ4v) is 3.06. The molecule has 31 heavy (non-hydrogen) atoms. The molecule has 1 amide bonds. The first-order valence-corrected chi connectivity index (χ1v) is 9.53. The van der Waals surface area contributed by atoms with Crippen molar-refractivity contribution in [3.8, 4) is 23.0 Å². The van der Waals surface area contributed by atoms with Gasteiger partial charge in [-0.3, -0.25) is 9.59 Å². The van der Waals surface area contributed by atoms with Crippen LogP contribution in [0.1, 0.15) is 6.92 Å². The van der Waals surface area contributed by atoms with Crippen molar-refractivity contribution in [2.45, 2.75) is 13.0 Å². The number of Topliss-reactive ketones (excluding diaryl/α,β-unsaturated/α-hetero) is 1. The van der Waals surface area contributed by atoms with E-state index in [0.29, 0.717) is 11.5 Å². The van der Waals surface area contributed by atoms with E-state index in [0.717, 1.165) is 4.42 Å². The number of hydrogen-bond donors (Lipinski definition) is 0. The van der Waals surface area contributed by atoms with Crippen molar-refractivity contribution < 1.29 is 28.5 Å². The van der Waals surface area contributed by atoms with Crippen LogP contribution >= 0.6 is 23.4 Å². The molecule has 0 saturated heterocycles. The number of ketones is 1. The van der Waals surface area contributed by atoms with E-state index < -0.39 is 17.7 Å². The molecular weight excluding hydrogens is 449 g/mol. The number of nitrogens with zero attached hydrogens (tertiary/aromatic N) is 3. The minimum atomic E-state index is -1.51. The molecule has 0 radical (unpaired) electrons. The number of ether oxygens (including phenoxy) is 4. The van der Waals surface area contributed by atoms with E-state index in [-0.39, 0.29) is 27.9 Å². The summed E-state index contributed by atoms with van der Waals surface area (Å²) in [5.74, 6) is -0.0202. The molecule has 1 atom stereocenters. The standard InChI is InChI=1S/C20H21Cl2N3O6/c1-11(26)18(24-23-15-9-13(29-3)8-14(21)19(15)31-5)20(27)25(22)16-7-6-12(28-2)10-17(16)30-4/h6-10,18H,1-5H3. The Balaban J connectivity index is 2.40. The maximum atomic E-state index is 12.9. The zero-order chi connectivity index (χ0) is 23.1. The smallest absolute Gasteiger partial charge is 0.276 e. The van der Waals surface area contributed by atoms with Crippen molar-refractivity contribution in [1.82, 2.24) is 0 Å². The predicted molar refractivity (Wildman–Crippen MR) is 116 cm³/mol. The molecule has 0 aliphatic carbocycles. The number of anilines is 1. The zero-order valence-electron chi connectivity index (χ0n) is 17.5. The van der Waals surface area contributed by atoms with Crippen LogP contribution in [0.15, 0.2) is 40.6 Å². The summed E-state index contributed by atoms with van der Waals surface area (Å²) in [6.07, 6.45) is 0. The molecule has 1 unspecified atom stereocenters. The van der Waals surface area contributed by atoms with Gasteiger partial charge in [0.25, 0.3) is 5.91 Å². The Bertz CT molecular complexity index is 999. The molecule has 11 heteroatoms. The van der Waals surface area contributed by atoms with Gasteiger partial charge in [-0.05, 0) is 19.1 Å². The minimum Gasteiger partial charge on any atom is -0.497 e. The first kappa shape index (κ1) is 24.2. The van der Waals surface area contributed by atoms with Gasteiger partial charge in [-0.1, -0.05) is 11.6 Å². The molecule has 2 aromatic carbocycles. The molecule has 0 fully saturated rings. The molecule has 0 aliphatic heterocycles. The van der Waals surface area contributed by atoms with E-state index in [9.17, 15) is 9.59 Å². The number of azo groups is 1. The molecule has 0 spiro atoms. The Morgan fingerprint density at radius 1 is 0.968 bits per heavy atom. The van der Waals surface area contributed by atoms with Crippen molar-refractivity contribution in [3.63, 3.8) is 0 Å². The van der Waals surface area contributed by atoms with Gasteiger partial charge in [-0.25, -0.2) is 4.42 Å². The molecule has 0 aliphatic rings. The van der Waals surface area contributed by atoms with E-state index in [2.05, 4.69) is 10.2 Å². The maximum Gasteiger partial charge on any atom is 0.276 e. The normalized spacial score (nSPS) is 11.7. The summed E-state index contributed by atoms with van der Waals surface area (Å²) >= 11 is 12.4. The highest BCUT2D eigenvalue weighted by Gasteiger charge is 2.30. The first-order chi connectivity index (χ1) is 14.8. The van der Waals surface area contributed by atoms with Gasteiger partial charge in [0, 0.05) is 30.0 Å². The molecule has 2 aromatic rings. The Labute approximate surface area is 189 Å². The molecule has 0 heterocycles. The van der Waals surface area contributed by atoms with Gasteiger partial charge in [0.1, 0.15) is 28.6 Å². The van der Waals surface area contributed by atoms with E-state index in [1.807, 2.05) is 0 Å². The molecular formula is C20H21Cl2N3O6. The van der Waals surface area contributed by atoms with Crippen LogP contribution in [0.4, 0.5) is 11.4 Å². The number of benzene rings is 2. The van der Waals surface area contributed by atoms with Gasteiger partial charge in [-0.15, -0.1) is 0 Å². The lowest BCUT2D eigenvalue weighted by Gasteiger charge is -2.19. The molecule has 2 rings (SSSR count). The Hall–Kier alpha value is -3.04. The van der Waals surface area contributed by atoms with Crippen LogP contribution in [0.5, 0.6) is 23.0 Å². The fraction of sp³-hybridized carbons (Fsp3) is 0.300. The summed E-state index contributed by atoms with van der Waals surface area (Å²) in [7, 11) is 5.75. The number of amides is 1. The molecule has 166 valence electrons. The quantitative estimate of drug-likeness (QED) is 0.302. The van der Waals surface area contributed by atoms with Crippen molar-refractivity contribution in [3.05, 3.63) is 35.4 Å². The van der Waals surface area contributed by atoms with E-state index in [4.69, 9.17) is 42.3 Å². The molecule has 0 N–H and O–H groups in total. The number of methoxy groups -OCH3 is 4. The third-order valence-electron chi connectivity index (χ3n) is 4.13. The molecule has 0 bridgehead atoms. The SMILES string of the molecule is COc1cc(Cl)c(OC)c(N=NC(C(C)=O)C(=O)N(Cl)c2ccc(OC)cc2OC)c1. The second kappa shape index (κ2) is 10.8. The lowest BCUT2D eigenvalue weighted by atomic mass is 10.2. The van der Waals surface area contributed by atoms with Crippen LogP contribution in [0.2, 0.25) is 5.02 Å². The number of carbonyl (C=O) groups is 2. The van der Waals surface area contributed by atoms with Gasteiger partial charge < -0.3 is 18.9 Å². The highest BCUT2D eigenvalue weighted by atomic mass is 35.5. The van der Waals surface area contributed by atoms with Crippen LogP contribution in [0.3, 0.4) is 0 Å². The summed E-state index contributed by atoms with van der Waals surface area (Å²) in [6, 6.07) is 6.17. The number of halogens is 2. The van der Waals surface area contributed by atoms with Gasteiger partial charge in [-0.2, -0.15) is 10.2 Å². The molecule has 0 saturated carbocycles. The first-order valence-electron chi connectivity index (χ1n) is 8.81. The highest BCUT2D eigenvalue weighted by molar-refractivity contribution is 6.39. The third-order valence-corrected chi connectivity index (χ3v) is 4.76. The summed E-state index contributed by atoms with van der Waals surface area (Å²) < 4.78 is 21.5. The van der Waals surface area contributed by atoms with Crippen LogP contribution in [0, 0.1) is 0 Å². The lowest BCUT2D eigenvalue weighted by Crippen LogP contribution is -2.36. The van der Waals surface area contributed by atoms with Gasteiger partial charge in [0.2, 0.25) is 6.04 Å². The minimum absolute atomic E-state index is 0.175. The van der Waals surface area contributed by atoms with Crippen LogP contribution in [-0.2, 0) is 9.59 Å². The summed E-state index contributed by atoms with van der Waals surface area (Å²) in [5, 5.41) is 8.11. The third kappa shape index (κ3) is 5.56. The largest absolute Gasteiger partial charge is 0.497 e. The van der Waals surface area contributed by atoms with E-state index in [1.54, 1.807) is 12.1 Å². The zero-order valence-corrected chi connectivity index (χ0v) is 19.0. The average Bonchev–Trinajstić information content (AvgIpc) is 2.77. The van der Waals surface area contributed by atoms with Crippen LogP contribution in [0.25, 0.3) is 0 Å². The van der Waals surface area contributed by atoms with Crippen molar-refractivity contribution in [2.24, 2.45) is 10.2 Å². The summed E-state index contributed by atoms with van der Waals surface area (Å²) in [5.41, 5.74) is 0.382. The topological polar surface area (TPSA) is 99.0 Å². The Morgan fingerprint density at radius 2 is 1.65 bits per heavy atom. The number of hydrogen-bond acceptors (Lipinski definition) is 8. The highest BCUT2D eigenvalue weighted by Crippen LogP contribution is 2.39. The number of carbonyl (C=O) groups excluding carboxylic acids is 2. The van der Waals surface area contributed by atoms with Crippen molar-refractivity contribution >= 4 is 46.4 Å². The average molecular weight is 470 g/mol. The van der Waals surface area contributed by atoms with Crippen molar-refractivity contribution in [2.75, 3.05) is 32.9 Å². The monoisotopic (exact) mass is 469 g/mol. The molecule has 9 nitrogen and oxygen atoms in total. The van der Waals surface area contributed by atoms with Crippen molar-refractivity contribution in [1.29, 1.82) is 0 Å². The summed E-state index contributed by atoms with van der Waals surface area (Å²) in [6.45, 7) is 1.20. The summed E-state index contributed by atoms with van der Waals surface area (Å²) in [4.78, 5) is 25.1. The van der Waals surface area contributed by atoms with Gasteiger partial charge >= 0.3 is 0 Å². The Kier molecular flexibility index (Phi) is 8.47. The van der Waals surface area contributed by atoms with Gasteiger partial charge in [0.05, 0.1) is 33.5 Å². The predicted octanol–water partition coefficient (Wildman–Crippen LogP) is 4.60. The van der Waals surface area contributed by atoms with Crippen LogP contribution in [-0.4, -0.2) is 46.2 Å².